The molecule has 260 valence electrons. The van der Waals surface area contributed by atoms with Crippen molar-refractivity contribution in [3.05, 3.63) is 103 Å². The van der Waals surface area contributed by atoms with Crippen LogP contribution in [0.4, 0.5) is 0 Å². The summed E-state index contributed by atoms with van der Waals surface area (Å²) >= 11 is 0. The van der Waals surface area contributed by atoms with Gasteiger partial charge in [-0.2, -0.15) is 0 Å². The van der Waals surface area contributed by atoms with Gasteiger partial charge < -0.3 is 43.0 Å². The Balaban J connectivity index is 1.19. The van der Waals surface area contributed by atoms with Crippen molar-refractivity contribution in [2.24, 2.45) is 0 Å². The fraction of sp³-hybridized carbons (Fsp3) is 0.462. The minimum absolute atomic E-state index is 0.0259. The second-order valence-corrected chi connectivity index (χ2v) is 14.4. The van der Waals surface area contributed by atoms with Crippen LogP contribution in [-0.4, -0.2) is 64.9 Å². The van der Waals surface area contributed by atoms with Gasteiger partial charge in [0, 0.05) is 42.2 Å². The van der Waals surface area contributed by atoms with E-state index in [1.807, 2.05) is 58.1 Å². The minimum Gasteiger partial charge on any atom is -0.486 e. The number of aliphatic hydroxyl groups is 1. The van der Waals surface area contributed by atoms with E-state index in [4.69, 9.17) is 37.9 Å². The molecule has 0 saturated carbocycles. The molecule has 4 aliphatic heterocycles. The van der Waals surface area contributed by atoms with Gasteiger partial charge in [-0.25, -0.2) is 0 Å². The Labute approximate surface area is 286 Å². The minimum atomic E-state index is -1.52. The molecule has 1 N–H and O–H groups in total. The van der Waals surface area contributed by atoms with Gasteiger partial charge in [0.15, 0.2) is 29.7 Å². The lowest BCUT2D eigenvalue weighted by Crippen LogP contribution is -2.55. The van der Waals surface area contributed by atoms with Crippen molar-refractivity contribution in [2.45, 2.75) is 100 Å². The maximum Gasteiger partial charge on any atom is 0.231 e. The molecule has 10 heteroatoms. The molecule has 5 atom stereocenters. The topological polar surface area (TPSA) is 111 Å². The Bertz CT molecular complexity index is 1730. The summed E-state index contributed by atoms with van der Waals surface area (Å²) in [5.41, 5.74) is -1.99. The molecule has 0 radical (unpaired) electrons. The number of ether oxygens (including phenoxy) is 8. The average molecular weight is 673 g/mol. The number of hydrogen-bond donors (Lipinski definition) is 1. The van der Waals surface area contributed by atoms with E-state index in [1.54, 1.807) is 18.2 Å². The van der Waals surface area contributed by atoms with Gasteiger partial charge in [-0.15, -0.1) is 19.7 Å². The molecular formula is C39H44O10. The van der Waals surface area contributed by atoms with Crippen LogP contribution in [0.15, 0.2) is 97.1 Å². The standard InChI is InChI=1S/C39H44O10/c1-8-11-24-14-29-30(43-22-42-29)16-28(24)47-36(6,7)34-21-38-18-26(13-10-3)31(19-39(38,49-34)45-23-44-38)46-33-20-37(41)17-25(12-9-2)27(40)15-32(37)48-35(33,4)5/h8-10,14-19,33-34,41H,1-3,11-13,20-23H2,4-7H3/t33-,34-,37+,38+,39-/m1/s1. The van der Waals surface area contributed by atoms with E-state index in [-0.39, 0.29) is 31.5 Å². The first kappa shape index (κ1) is 33.4. The third-order valence-corrected chi connectivity index (χ3v) is 10.2. The molecular weight excluding hydrogens is 628 g/mol. The molecule has 0 amide bonds. The van der Waals surface area contributed by atoms with Crippen LogP contribution < -0.4 is 14.2 Å². The van der Waals surface area contributed by atoms with Crippen LogP contribution >= 0.6 is 0 Å². The van der Waals surface area contributed by atoms with E-state index < -0.39 is 40.4 Å². The zero-order valence-corrected chi connectivity index (χ0v) is 28.5. The van der Waals surface area contributed by atoms with E-state index in [2.05, 4.69) is 19.7 Å². The van der Waals surface area contributed by atoms with Crippen molar-refractivity contribution in [2.75, 3.05) is 13.6 Å². The first-order chi connectivity index (χ1) is 23.3. The predicted molar refractivity (Wildman–Crippen MR) is 180 cm³/mol. The van der Waals surface area contributed by atoms with E-state index in [9.17, 15) is 9.90 Å². The quantitative estimate of drug-likeness (QED) is 0.272. The van der Waals surface area contributed by atoms with Crippen LogP contribution in [0, 0.1) is 0 Å². The number of benzene rings is 1. The van der Waals surface area contributed by atoms with Crippen LogP contribution in [0.5, 0.6) is 17.2 Å². The average Bonchev–Trinajstić information content (AvgIpc) is 3.71. The Hall–Kier alpha value is -4.09. The molecule has 3 saturated heterocycles. The van der Waals surface area contributed by atoms with Crippen LogP contribution in [-0.2, 0) is 34.9 Å². The largest absolute Gasteiger partial charge is 0.486 e. The maximum absolute atomic E-state index is 12.7. The molecule has 7 rings (SSSR count). The van der Waals surface area contributed by atoms with Crippen LogP contribution in [0.3, 0.4) is 0 Å². The molecule has 3 fully saturated rings. The Morgan fingerprint density at radius 3 is 2.39 bits per heavy atom. The number of carbonyl (C=O) groups is 1. The SMILES string of the molecule is C=CCC1=C[C@]2(O)C[C@@H](OC3=C[C@]45OCO[C@@]4(C=C3CC=C)C[C@H](C(C)(C)Oc3cc4c(cc3CC=C)OCO4)O5)C(C)(C)OC2=CC1=O. The normalized spacial score (nSPS) is 32.3. The first-order valence-electron chi connectivity index (χ1n) is 16.7. The Morgan fingerprint density at radius 2 is 1.65 bits per heavy atom. The van der Waals surface area contributed by atoms with E-state index >= 15 is 0 Å². The molecule has 1 aromatic rings. The number of carbonyl (C=O) groups excluding carboxylic acids is 1. The summed E-state index contributed by atoms with van der Waals surface area (Å²) in [7, 11) is 0. The second-order valence-electron chi connectivity index (χ2n) is 14.4. The zero-order chi connectivity index (χ0) is 34.8. The lowest BCUT2D eigenvalue weighted by Gasteiger charge is -2.48. The summed E-state index contributed by atoms with van der Waals surface area (Å²) in [6, 6.07) is 3.77. The third-order valence-electron chi connectivity index (χ3n) is 10.2. The van der Waals surface area contributed by atoms with Gasteiger partial charge in [0.2, 0.25) is 12.6 Å². The van der Waals surface area contributed by atoms with Crippen molar-refractivity contribution in [3.63, 3.8) is 0 Å². The van der Waals surface area contributed by atoms with Gasteiger partial charge in [0.1, 0.15) is 46.3 Å². The molecule has 0 bridgehead atoms. The molecule has 4 heterocycles. The highest BCUT2D eigenvalue weighted by Gasteiger charge is 2.68. The van der Waals surface area contributed by atoms with Gasteiger partial charge in [-0.3, -0.25) is 4.79 Å². The molecule has 10 nitrogen and oxygen atoms in total. The number of rotatable bonds is 11. The molecule has 6 aliphatic rings. The highest BCUT2D eigenvalue weighted by molar-refractivity contribution is 6.06. The monoisotopic (exact) mass is 672 g/mol. The fourth-order valence-electron chi connectivity index (χ4n) is 7.44. The first-order valence-corrected chi connectivity index (χ1v) is 16.7. The molecule has 0 spiro atoms. The third kappa shape index (κ3) is 5.55. The fourth-order valence-corrected chi connectivity index (χ4v) is 7.44. The van der Waals surface area contributed by atoms with Crippen molar-refractivity contribution >= 4 is 5.78 Å². The number of allylic oxidation sites excluding steroid dienone is 6. The van der Waals surface area contributed by atoms with E-state index in [1.165, 1.54) is 6.08 Å². The van der Waals surface area contributed by atoms with Gasteiger partial charge in [-0.1, -0.05) is 18.2 Å². The molecule has 2 aliphatic carbocycles. The van der Waals surface area contributed by atoms with E-state index in [0.717, 1.165) is 11.1 Å². The summed E-state index contributed by atoms with van der Waals surface area (Å²) in [6.45, 7) is 19.5. The van der Waals surface area contributed by atoms with Crippen LogP contribution in [0.1, 0.15) is 58.9 Å². The zero-order valence-electron chi connectivity index (χ0n) is 28.5. The van der Waals surface area contributed by atoms with Gasteiger partial charge in [0.05, 0.1) is 0 Å². The highest BCUT2D eigenvalue weighted by atomic mass is 16.8. The number of fused-ring (bicyclic) bond motifs is 2. The Kier molecular flexibility index (Phi) is 8.02. The Morgan fingerprint density at radius 1 is 0.939 bits per heavy atom. The van der Waals surface area contributed by atoms with Crippen LogP contribution in [0.25, 0.3) is 0 Å². The van der Waals surface area contributed by atoms with Crippen molar-refractivity contribution in [1.82, 2.24) is 0 Å². The lowest BCUT2D eigenvalue weighted by atomic mass is 9.78. The highest BCUT2D eigenvalue weighted by Crippen LogP contribution is 2.56. The van der Waals surface area contributed by atoms with Gasteiger partial charge >= 0.3 is 0 Å². The predicted octanol–water partition coefficient (Wildman–Crippen LogP) is 6.21. The summed E-state index contributed by atoms with van der Waals surface area (Å²) in [5.74, 6) is 1.17. The number of hydrogen-bond acceptors (Lipinski definition) is 10. The van der Waals surface area contributed by atoms with Crippen molar-refractivity contribution < 1.29 is 47.8 Å². The number of ketones is 1. The molecule has 49 heavy (non-hydrogen) atoms. The van der Waals surface area contributed by atoms with Gasteiger partial charge in [0.25, 0.3) is 0 Å². The smallest absolute Gasteiger partial charge is 0.231 e. The van der Waals surface area contributed by atoms with Gasteiger partial charge in [-0.05, 0) is 70.7 Å². The maximum atomic E-state index is 12.7. The van der Waals surface area contributed by atoms with E-state index in [0.29, 0.717) is 54.3 Å². The second kappa shape index (κ2) is 11.8. The van der Waals surface area contributed by atoms with Crippen LogP contribution in [0.2, 0.25) is 0 Å². The summed E-state index contributed by atoms with van der Waals surface area (Å²) in [6.07, 6.45) is 13.0. The summed E-state index contributed by atoms with van der Waals surface area (Å²) in [5, 5.41) is 11.8. The molecule has 1 aromatic carbocycles. The van der Waals surface area contributed by atoms with Crippen molar-refractivity contribution in [3.8, 4) is 17.2 Å². The summed E-state index contributed by atoms with van der Waals surface area (Å²) < 4.78 is 50.5. The molecule has 0 aromatic heterocycles. The summed E-state index contributed by atoms with van der Waals surface area (Å²) in [4.78, 5) is 12.7. The van der Waals surface area contributed by atoms with Crippen molar-refractivity contribution in [1.29, 1.82) is 0 Å². The lowest BCUT2D eigenvalue weighted by molar-refractivity contribution is -0.208. The molecule has 0 unspecified atom stereocenters.